The summed E-state index contributed by atoms with van der Waals surface area (Å²) in [6.45, 7) is 7.17. The van der Waals surface area contributed by atoms with Gasteiger partial charge in [0.1, 0.15) is 5.82 Å². The van der Waals surface area contributed by atoms with Crippen molar-refractivity contribution in [3.05, 3.63) is 71.7 Å². The van der Waals surface area contributed by atoms with E-state index in [0.29, 0.717) is 48.0 Å². The number of nitrogens with one attached hydrogen (secondary N) is 2. The van der Waals surface area contributed by atoms with Crippen molar-refractivity contribution in [2.75, 3.05) is 23.8 Å². The van der Waals surface area contributed by atoms with Crippen LogP contribution in [0.3, 0.4) is 0 Å². The zero-order valence-corrected chi connectivity index (χ0v) is 19.3. The van der Waals surface area contributed by atoms with E-state index in [9.17, 15) is 17.6 Å². The minimum Gasteiger partial charge on any atom is -0.488 e. The van der Waals surface area contributed by atoms with Crippen molar-refractivity contribution in [2.24, 2.45) is 0 Å². The van der Waals surface area contributed by atoms with Gasteiger partial charge in [-0.05, 0) is 49.9 Å². The first-order valence-corrected chi connectivity index (χ1v) is 11.5. The molecule has 1 aliphatic rings. The molecular weight excluding hydrogens is 460 g/mol. The molecule has 0 radical (unpaired) electrons. The normalized spacial score (nSPS) is 13.4. The van der Waals surface area contributed by atoms with Crippen molar-refractivity contribution in [2.45, 2.75) is 38.8 Å². The van der Waals surface area contributed by atoms with Gasteiger partial charge in [0.15, 0.2) is 17.4 Å². The summed E-state index contributed by atoms with van der Waals surface area (Å²) in [6.07, 6.45) is -1.61. The lowest BCUT2D eigenvalue weighted by Crippen LogP contribution is -2.12. The quantitative estimate of drug-likeness (QED) is 0.355. The van der Waals surface area contributed by atoms with E-state index < -0.39 is 17.6 Å². The molecule has 2 heterocycles. The van der Waals surface area contributed by atoms with Crippen LogP contribution in [0.25, 0.3) is 17.1 Å². The lowest BCUT2D eigenvalue weighted by Gasteiger charge is -2.19. The van der Waals surface area contributed by atoms with E-state index in [1.165, 1.54) is 30.3 Å². The molecule has 0 bridgehead atoms. The number of hydrogen-bond donors (Lipinski definition) is 2. The number of fused-ring (bicyclic) bond motifs is 1. The fourth-order valence-electron chi connectivity index (χ4n) is 3.91. The van der Waals surface area contributed by atoms with Crippen molar-refractivity contribution in [1.29, 1.82) is 0 Å². The molecule has 0 unspecified atom stereocenters. The fourth-order valence-corrected chi connectivity index (χ4v) is 3.91. The van der Waals surface area contributed by atoms with Gasteiger partial charge in [-0.3, -0.25) is 0 Å². The molecule has 0 aliphatic carbocycles. The van der Waals surface area contributed by atoms with Gasteiger partial charge in [0.2, 0.25) is 0 Å². The molecule has 4 rings (SSSR count). The number of benzene rings is 2. The molecule has 2 N–H and O–H groups in total. The highest BCUT2D eigenvalue weighted by molar-refractivity contribution is 5.83. The van der Waals surface area contributed by atoms with Crippen LogP contribution in [0.4, 0.5) is 29.1 Å². The van der Waals surface area contributed by atoms with E-state index in [-0.39, 0.29) is 17.2 Å². The minimum atomic E-state index is -4.57. The Balaban J connectivity index is 1.79. The Morgan fingerprint density at radius 1 is 1.11 bits per heavy atom. The van der Waals surface area contributed by atoms with Crippen LogP contribution in [-0.4, -0.2) is 23.1 Å². The Kier molecular flexibility index (Phi) is 7.23. The maximum absolute atomic E-state index is 14.1. The fraction of sp³-hybridized carbons (Fsp3) is 0.308. The Labute approximate surface area is 201 Å². The number of aromatic nitrogens is 2. The third kappa shape index (κ3) is 5.55. The summed E-state index contributed by atoms with van der Waals surface area (Å²) in [5.41, 5.74) is 1.05. The molecule has 0 fully saturated rings. The molecule has 2 aromatic carbocycles. The lowest BCUT2D eigenvalue weighted by molar-refractivity contribution is -0.137. The average Bonchev–Trinajstić information content (AvgIpc) is 3.08. The number of ether oxygens (including phenoxy) is 1. The molecule has 184 valence electrons. The number of halogens is 4. The maximum atomic E-state index is 14.1. The third-order valence-electron chi connectivity index (χ3n) is 5.60. The van der Waals surface area contributed by atoms with Crippen LogP contribution in [0, 0.1) is 5.82 Å². The zero-order chi connectivity index (χ0) is 25.0. The van der Waals surface area contributed by atoms with Crippen LogP contribution in [0.15, 0.2) is 49.0 Å². The van der Waals surface area contributed by atoms with Crippen LogP contribution < -0.4 is 15.4 Å². The largest absolute Gasteiger partial charge is 0.488 e. The van der Waals surface area contributed by atoms with E-state index in [1.807, 2.05) is 6.92 Å². The van der Waals surface area contributed by atoms with Crippen LogP contribution >= 0.6 is 0 Å². The summed E-state index contributed by atoms with van der Waals surface area (Å²) in [5.74, 6) is 0.0551. The second kappa shape index (κ2) is 10.3. The third-order valence-corrected chi connectivity index (χ3v) is 5.60. The zero-order valence-electron chi connectivity index (χ0n) is 19.3. The molecular formula is C26H26F4N4O. The summed E-state index contributed by atoms with van der Waals surface area (Å²) in [5, 5.41) is 6.30. The first-order chi connectivity index (χ1) is 16.8. The SMILES string of the molecule is C=C(Nc1nc(-c2ccccc2C(F)(F)F)nc2c1OCCCC2)c1cc(F)ccc1NCCC. The molecule has 0 saturated heterocycles. The topological polar surface area (TPSA) is 59.1 Å². The number of alkyl halides is 3. The molecule has 0 atom stereocenters. The highest BCUT2D eigenvalue weighted by Gasteiger charge is 2.34. The predicted molar refractivity (Wildman–Crippen MR) is 129 cm³/mol. The number of nitrogens with zero attached hydrogens (tertiary/aromatic N) is 2. The minimum absolute atomic E-state index is 0.0685. The molecule has 3 aromatic rings. The molecule has 0 amide bonds. The van der Waals surface area contributed by atoms with E-state index in [0.717, 1.165) is 25.3 Å². The number of anilines is 2. The van der Waals surface area contributed by atoms with Gasteiger partial charge in [-0.2, -0.15) is 13.2 Å². The van der Waals surface area contributed by atoms with Gasteiger partial charge in [0.25, 0.3) is 0 Å². The Bertz CT molecular complexity index is 1230. The molecule has 9 heteroatoms. The van der Waals surface area contributed by atoms with E-state index >= 15 is 0 Å². The van der Waals surface area contributed by atoms with Gasteiger partial charge in [-0.15, -0.1) is 0 Å². The van der Waals surface area contributed by atoms with Crippen LogP contribution in [-0.2, 0) is 12.6 Å². The van der Waals surface area contributed by atoms with E-state index in [1.54, 1.807) is 6.07 Å². The maximum Gasteiger partial charge on any atom is 0.417 e. The Morgan fingerprint density at radius 3 is 2.69 bits per heavy atom. The first-order valence-electron chi connectivity index (χ1n) is 11.5. The standard InChI is InChI=1S/C26H26F4N4O/c1-3-13-31-21-12-11-17(27)15-19(21)16(2)32-25-23-22(10-6-7-14-35-23)33-24(34-25)18-8-4-5-9-20(18)26(28,29)30/h4-5,8-9,11-12,15,31H,2-3,6-7,10,13-14H2,1H3,(H,32,33,34). The van der Waals surface area contributed by atoms with Crippen LogP contribution in [0.5, 0.6) is 5.75 Å². The molecule has 5 nitrogen and oxygen atoms in total. The van der Waals surface area contributed by atoms with Gasteiger partial charge in [0.05, 0.1) is 17.9 Å². The Hall–Kier alpha value is -3.62. The van der Waals surface area contributed by atoms with Crippen molar-refractivity contribution in [3.63, 3.8) is 0 Å². The van der Waals surface area contributed by atoms with E-state index in [2.05, 4.69) is 27.2 Å². The van der Waals surface area contributed by atoms with Crippen molar-refractivity contribution in [1.82, 2.24) is 9.97 Å². The molecule has 0 spiro atoms. The summed E-state index contributed by atoms with van der Waals surface area (Å²) < 4.78 is 61.1. The monoisotopic (exact) mass is 486 g/mol. The van der Waals surface area contributed by atoms with Crippen molar-refractivity contribution >= 4 is 17.2 Å². The van der Waals surface area contributed by atoms with Gasteiger partial charge in [-0.25, -0.2) is 14.4 Å². The number of aryl methyl sites for hydroxylation is 1. The number of hydrogen-bond acceptors (Lipinski definition) is 5. The van der Waals surface area contributed by atoms with Crippen LogP contribution in [0.1, 0.15) is 43.0 Å². The smallest absolute Gasteiger partial charge is 0.417 e. The van der Waals surface area contributed by atoms with E-state index in [4.69, 9.17) is 4.74 Å². The summed E-state index contributed by atoms with van der Waals surface area (Å²) in [4.78, 5) is 8.88. The average molecular weight is 487 g/mol. The van der Waals surface area contributed by atoms with Crippen molar-refractivity contribution in [3.8, 4) is 17.1 Å². The highest BCUT2D eigenvalue weighted by atomic mass is 19.4. The second-order valence-electron chi connectivity index (χ2n) is 8.24. The molecule has 0 saturated carbocycles. The van der Waals surface area contributed by atoms with Gasteiger partial charge >= 0.3 is 6.18 Å². The summed E-state index contributed by atoms with van der Waals surface area (Å²) in [6, 6.07) is 9.50. The lowest BCUT2D eigenvalue weighted by atomic mass is 10.1. The number of rotatable bonds is 7. The second-order valence-corrected chi connectivity index (χ2v) is 8.24. The first kappa shape index (κ1) is 24.5. The molecule has 1 aliphatic heterocycles. The van der Waals surface area contributed by atoms with Gasteiger partial charge in [0, 0.05) is 29.1 Å². The van der Waals surface area contributed by atoms with Gasteiger partial charge < -0.3 is 15.4 Å². The highest BCUT2D eigenvalue weighted by Crippen LogP contribution is 2.39. The molecule has 35 heavy (non-hydrogen) atoms. The predicted octanol–water partition coefficient (Wildman–Crippen LogP) is 6.92. The van der Waals surface area contributed by atoms with Crippen molar-refractivity contribution < 1.29 is 22.3 Å². The summed E-state index contributed by atoms with van der Waals surface area (Å²) in [7, 11) is 0. The van der Waals surface area contributed by atoms with Gasteiger partial charge in [-0.1, -0.05) is 31.7 Å². The summed E-state index contributed by atoms with van der Waals surface area (Å²) >= 11 is 0. The molecule has 1 aromatic heterocycles. The van der Waals surface area contributed by atoms with Crippen LogP contribution in [0.2, 0.25) is 0 Å². The Morgan fingerprint density at radius 2 is 1.91 bits per heavy atom.